The molecule has 0 amide bonds. The second-order valence-corrected chi connectivity index (χ2v) is 14.4. The lowest BCUT2D eigenvalue weighted by molar-refractivity contribution is 0.634. The molecule has 0 N–H and O–H groups in total. The van der Waals surface area contributed by atoms with Gasteiger partial charge in [-0.2, -0.15) is 0 Å². The van der Waals surface area contributed by atoms with Gasteiger partial charge in [0.15, 0.2) is 11.2 Å². The molecular formula is C54H34O2. The summed E-state index contributed by atoms with van der Waals surface area (Å²) in [5.74, 6) is 0. The molecule has 56 heavy (non-hydrogen) atoms. The second-order valence-electron chi connectivity index (χ2n) is 14.4. The van der Waals surface area contributed by atoms with E-state index in [2.05, 4.69) is 206 Å². The van der Waals surface area contributed by atoms with E-state index < -0.39 is 0 Å². The Hall–Kier alpha value is -7.42. The molecule has 0 saturated carbocycles. The quantitative estimate of drug-likeness (QED) is 0.171. The van der Waals surface area contributed by atoms with E-state index in [1.165, 1.54) is 33.4 Å². The Bertz CT molecular complexity index is 3020. The molecule has 0 unspecified atom stereocenters. The van der Waals surface area contributed by atoms with Gasteiger partial charge in [0.25, 0.3) is 0 Å². The molecule has 11 rings (SSSR count). The highest BCUT2D eigenvalue weighted by atomic mass is 16.4. The molecule has 2 aromatic heterocycles. The van der Waals surface area contributed by atoms with E-state index in [-0.39, 0.29) is 0 Å². The Morgan fingerprint density at radius 3 is 0.875 bits per heavy atom. The maximum absolute atomic E-state index is 6.88. The van der Waals surface area contributed by atoms with E-state index in [1.54, 1.807) is 0 Å². The maximum atomic E-state index is 6.88. The van der Waals surface area contributed by atoms with Gasteiger partial charge in [-0.3, -0.25) is 0 Å². The summed E-state index contributed by atoms with van der Waals surface area (Å²) in [4.78, 5) is 0. The van der Waals surface area contributed by atoms with Gasteiger partial charge in [-0.15, -0.1) is 0 Å². The van der Waals surface area contributed by atoms with E-state index in [0.717, 1.165) is 77.3 Å². The zero-order valence-electron chi connectivity index (χ0n) is 30.4. The third-order valence-corrected chi connectivity index (χ3v) is 11.1. The van der Waals surface area contributed by atoms with Crippen molar-refractivity contribution in [1.29, 1.82) is 0 Å². The normalized spacial score (nSPS) is 11.6. The maximum Gasteiger partial charge on any atom is 0.178 e. The Labute approximate surface area is 324 Å². The minimum atomic E-state index is 0.769. The van der Waals surface area contributed by atoms with Gasteiger partial charge in [-0.05, 0) is 92.0 Å². The zero-order chi connectivity index (χ0) is 37.0. The number of para-hydroxylation sites is 2. The van der Waals surface area contributed by atoms with E-state index in [1.807, 2.05) is 0 Å². The smallest absolute Gasteiger partial charge is 0.178 e. The fourth-order valence-corrected chi connectivity index (χ4v) is 8.32. The molecule has 2 heteroatoms. The van der Waals surface area contributed by atoms with Crippen molar-refractivity contribution in [3.63, 3.8) is 0 Å². The van der Waals surface area contributed by atoms with Gasteiger partial charge < -0.3 is 8.83 Å². The van der Waals surface area contributed by atoms with Crippen LogP contribution in [0.1, 0.15) is 0 Å². The predicted molar refractivity (Wildman–Crippen MR) is 234 cm³/mol. The van der Waals surface area contributed by atoms with Crippen molar-refractivity contribution in [3.05, 3.63) is 206 Å². The van der Waals surface area contributed by atoms with Crippen LogP contribution in [0.25, 0.3) is 111 Å². The molecule has 0 fully saturated rings. The summed E-state index contributed by atoms with van der Waals surface area (Å²) in [6.07, 6.45) is 0. The first kappa shape index (κ1) is 32.0. The zero-order valence-corrected chi connectivity index (χ0v) is 30.4. The molecule has 262 valence electrons. The van der Waals surface area contributed by atoms with Gasteiger partial charge in [-0.25, -0.2) is 0 Å². The first-order chi connectivity index (χ1) is 27.7. The molecule has 0 spiro atoms. The van der Waals surface area contributed by atoms with Crippen molar-refractivity contribution in [3.8, 4) is 66.8 Å². The van der Waals surface area contributed by atoms with Crippen LogP contribution in [0.5, 0.6) is 0 Å². The monoisotopic (exact) mass is 714 g/mol. The SMILES string of the molecule is c1ccc(-c2cccc(-c3cccc(-c4cccc5c4oc4c5ccc5c6cccc(-c7cccc(-c8cccc(-c9ccccc9)c8)c7)c6oc54)c3)c2)cc1. The summed E-state index contributed by atoms with van der Waals surface area (Å²) >= 11 is 0. The van der Waals surface area contributed by atoms with Gasteiger partial charge >= 0.3 is 0 Å². The lowest BCUT2D eigenvalue weighted by Crippen LogP contribution is -1.84. The summed E-state index contributed by atoms with van der Waals surface area (Å²) < 4.78 is 13.8. The van der Waals surface area contributed by atoms with Crippen molar-refractivity contribution < 1.29 is 8.83 Å². The molecule has 0 radical (unpaired) electrons. The van der Waals surface area contributed by atoms with Crippen molar-refractivity contribution in [2.75, 3.05) is 0 Å². The molecule has 11 aromatic rings. The van der Waals surface area contributed by atoms with Crippen molar-refractivity contribution in [2.45, 2.75) is 0 Å². The average molecular weight is 715 g/mol. The van der Waals surface area contributed by atoms with Crippen LogP contribution < -0.4 is 0 Å². The lowest BCUT2D eigenvalue weighted by Gasteiger charge is -2.09. The molecule has 2 heterocycles. The first-order valence-corrected chi connectivity index (χ1v) is 19.1. The van der Waals surface area contributed by atoms with E-state index in [4.69, 9.17) is 8.83 Å². The van der Waals surface area contributed by atoms with E-state index >= 15 is 0 Å². The second kappa shape index (κ2) is 13.2. The molecule has 0 aliphatic heterocycles. The molecular weight excluding hydrogens is 681 g/mol. The fourth-order valence-electron chi connectivity index (χ4n) is 8.32. The highest BCUT2D eigenvalue weighted by Crippen LogP contribution is 2.44. The van der Waals surface area contributed by atoms with Crippen molar-refractivity contribution in [1.82, 2.24) is 0 Å². The number of fused-ring (bicyclic) bond motifs is 7. The molecule has 0 aliphatic carbocycles. The minimum Gasteiger partial charge on any atom is -0.451 e. The van der Waals surface area contributed by atoms with Crippen LogP contribution in [0.15, 0.2) is 215 Å². The number of rotatable bonds is 6. The topological polar surface area (TPSA) is 26.3 Å². The van der Waals surface area contributed by atoms with Gasteiger partial charge in [-0.1, -0.05) is 170 Å². The van der Waals surface area contributed by atoms with Gasteiger partial charge in [0.1, 0.15) is 11.2 Å². The lowest BCUT2D eigenvalue weighted by atomic mass is 9.95. The van der Waals surface area contributed by atoms with Crippen LogP contribution in [0, 0.1) is 0 Å². The third-order valence-electron chi connectivity index (χ3n) is 11.1. The Balaban J connectivity index is 1.00. The Morgan fingerprint density at radius 1 is 0.196 bits per heavy atom. The van der Waals surface area contributed by atoms with Crippen LogP contribution in [0.2, 0.25) is 0 Å². The average Bonchev–Trinajstić information content (AvgIpc) is 3.86. The van der Waals surface area contributed by atoms with Gasteiger partial charge in [0.05, 0.1) is 0 Å². The van der Waals surface area contributed by atoms with Crippen LogP contribution >= 0.6 is 0 Å². The van der Waals surface area contributed by atoms with Crippen molar-refractivity contribution in [2.24, 2.45) is 0 Å². The minimum absolute atomic E-state index is 0.769. The summed E-state index contributed by atoms with van der Waals surface area (Å²) in [7, 11) is 0. The van der Waals surface area contributed by atoms with Crippen LogP contribution in [0.3, 0.4) is 0 Å². The third kappa shape index (κ3) is 5.42. The Kier molecular flexibility index (Phi) is 7.53. The number of hydrogen-bond acceptors (Lipinski definition) is 2. The highest BCUT2D eigenvalue weighted by molar-refractivity contribution is 6.21. The van der Waals surface area contributed by atoms with E-state index in [9.17, 15) is 0 Å². The van der Waals surface area contributed by atoms with Crippen LogP contribution in [-0.2, 0) is 0 Å². The standard InChI is InChI=1S/C54H34O2/c1-3-13-35(14-4-1)37-17-7-19-39(31-37)41-21-9-23-43(33-41)45-25-11-27-47-49-29-30-50-48-28-12-26-46(52(48)56-54(50)53(49)55-51(45)47)44-24-10-22-42(34-44)40-20-8-18-38(32-40)36-15-5-2-6-16-36/h1-34H. The molecule has 9 aromatic carbocycles. The summed E-state index contributed by atoms with van der Waals surface area (Å²) in [6.45, 7) is 0. The highest BCUT2D eigenvalue weighted by Gasteiger charge is 2.20. The van der Waals surface area contributed by atoms with Crippen molar-refractivity contribution >= 4 is 43.9 Å². The molecule has 0 aliphatic rings. The largest absolute Gasteiger partial charge is 0.451 e. The summed E-state index contributed by atoms with van der Waals surface area (Å²) in [5.41, 5.74) is 17.1. The molecule has 0 atom stereocenters. The molecule has 2 nitrogen and oxygen atoms in total. The molecule has 0 saturated heterocycles. The van der Waals surface area contributed by atoms with Crippen LogP contribution in [-0.4, -0.2) is 0 Å². The number of furan rings is 2. The van der Waals surface area contributed by atoms with Gasteiger partial charge in [0.2, 0.25) is 0 Å². The van der Waals surface area contributed by atoms with Gasteiger partial charge in [0, 0.05) is 32.7 Å². The summed E-state index contributed by atoms with van der Waals surface area (Å²) in [5, 5.41) is 4.23. The van der Waals surface area contributed by atoms with Crippen LogP contribution in [0.4, 0.5) is 0 Å². The predicted octanol–water partition coefficient (Wildman–Crippen LogP) is 15.5. The molecule has 0 bridgehead atoms. The number of benzene rings is 9. The fraction of sp³-hybridized carbons (Fsp3) is 0. The summed E-state index contributed by atoms with van der Waals surface area (Å²) in [6, 6.07) is 73.3. The number of hydrogen-bond donors (Lipinski definition) is 0. The first-order valence-electron chi connectivity index (χ1n) is 19.1. The Morgan fingerprint density at radius 2 is 0.482 bits per heavy atom. The van der Waals surface area contributed by atoms with E-state index in [0.29, 0.717) is 0 Å².